The van der Waals surface area contributed by atoms with Crippen molar-refractivity contribution in [2.75, 3.05) is 0 Å². The second-order valence-corrected chi connectivity index (χ2v) is 12.7. The Balaban J connectivity index is 1.56. The molecule has 5 N–H and O–H groups in total. The highest BCUT2D eigenvalue weighted by Gasteiger charge is 2.37. The first kappa shape index (κ1) is 29.3. The topological polar surface area (TPSA) is 72.3 Å². The third-order valence-electron chi connectivity index (χ3n) is 9.81. The Morgan fingerprint density at radius 3 is 1.39 bits per heavy atom. The van der Waals surface area contributed by atoms with Crippen LogP contribution in [0.15, 0.2) is 60.7 Å². The molecule has 3 heteroatoms. The van der Waals surface area contributed by atoms with Crippen LogP contribution in [0.2, 0.25) is 0 Å². The molecule has 0 spiro atoms. The summed E-state index contributed by atoms with van der Waals surface area (Å²) in [6.45, 7) is 0. The van der Waals surface area contributed by atoms with Crippen LogP contribution in [-0.2, 0) is 12.8 Å². The van der Waals surface area contributed by atoms with Gasteiger partial charge >= 0.3 is 0 Å². The first-order chi connectivity index (χ1) is 18.6. The predicted molar refractivity (Wildman–Crippen MR) is 161 cm³/mol. The van der Waals surface area contributed by atoms with Gasteiger partial charge in [-0.15, -0.1) is 0 Å². The Kier molecular flexibility index (Phi) is 12.2. The lowest BCUT2D eigenvalue weighted by Crippen LogP contribution is -2.42. The van der Waals surface area contributed by atoms with Crippen LogP contribution in [0.25, 0.3) is 0 Å². The van der Waals surface area contributed by atoms with Gasteiger partial charge in [0.15, 0.2) is 0 Å². The summed E-state index contributed by atoms with van der Waals surface area (Å²) in [5, 5.41) is 11.6. The molecule has 0 aliphatic heterocycles. The minimum atomic E-state index is -0.419. The highest BCUT2D eigenvalue weighted by atomic mass is 16.3. The van der Waals surface area contributed by atoms with Crippen LogP contribution in [0.3, 0.4) is 0 Å². The number of nitrogens with two attached hydrogens (primary N) is 2. The highest BCUT2D eigenvalue weighted by molar-refractivity contribution is 5.17. The third-order valence-corrected chi connectivity index (χ3v) is 9.81. The summed E-state index contributed by atoms with van der Waals surface area (Å²) in [4.78, 5) is 0. The lowest BCUT2D eigenvalue weighted by molar-refractivity contribution is 0.0523. The molecule has 2 aliphatic rings. The summed E-state index contributed by atoms with van der Waals surface area (Å²) in [7, 11) is 0. The van der Waals surface area contributed by atoms with Gasteiger partial charge in [0, 0.05) is 0 Å². The summed E-state index contributed by atoms with van der Waals surface area (Å²) in [5.41, 5.74) is 15.2. The molecule has 210 valence electrons. The van der Waals surface area contributed by atoms with Gasteiger partial charge in [-0.1, -0.05) is 138 Å². The zero-order valence-corrected chi connectivity index (χ0v) is 23.7. The van der Waals surface area contributed by atoms with Crippen molar-refractivity contribution in [3.63, 3.8) is 0 Å². The minimum absolute atomic E-state index is 0.0824. The van der Waals surface area contributed by atoms with Crippen LogP contribution < -0.4 is 11.5 Å². The Morgan fingerprint density at radius 2 is 0.974 bits per heavy atom. The number of benzene rings is 2. The van der Waals surface area contributed by atoms with Gasteiger partial charge in [0.2, 0.25) is 0 Å². The van der Waals surface area contributed by atoms with Crippen molar-refractivity contribution < 1.29 is 5.11 Å². The number of aliphatic hydroxyl groups is 1. The van der Waals surface area contributed by atoms with Gasteiger partial charge in [-0.2, -0.15) is 0 Å². The number of hydrogen-bond acceptors (Lipinski definition) is 3. The number of aliphatic hydroxyl groups excluding tert-OH is 1. The minimum Gasteiger partial charge on any atom is -0.393 e. The maximum atomic E-state index is 11.6. The molecule has 2 fully saturated rings. The zero-order chi connectivity index (χ0) is 26.6. The molecule has 0 amide bonds. The molecule has 4 rings (SSSR count). The maximum absolute atomic E-state index is 11.6. The first-order valence-electron chi connectivity index (χ1n) is 15.9. The number of hydrogen-bond donors (Lipinski definition) is 3. The molecular weight excluding hydrogens is 464 g/mol. The average molecular weight is 519 g/mol. The van der Waals surface area contributed by atoms with Gasteiger partial charge in [0.25, 0.3) is 0 Å². The summed E-state index contributed by atoms with van der Waals surface area (Å²) >= 11 is 0. The van der Waals surface area contributed by atoms with E-state index in [4.69, 9.17) is 11.5 Å². The van der Waals surface area contributed by atoms with E-state index < -0.39 is 6.17 Å². The molecule has 0 aromatic heterocycles. The fourth-order valence-corrected chi connectivity index (χ4v) is 7.93. The van der Waals surface area contributed by atoms with Crippen LogP contribution in [0.1, 0.15) is 101 Å². The van der Waals surface area contributed by atoms with Crippen LogP contribution in [0.4, 0.5) is 0 Å². The summed E-state index contributed by atoms with van der Waals surface area (Å²) in [6.07, 6.45) is 19.3. The van der Waals surface area contributed by atoms with E-state index in [1.165, 1.54) is 88.2 Å². The number of rotatable bonds is 12. The molecule has 2 saturated carbocycles. The molecule has 3 atom stereocenters. The van der Waals surface area contributed by atoms with Crippen molar-refractivity contribution in [2.24, 2.45) is 41.1 Å². The zero-order valence-electron chi connectivity index (χ0n) is 23.7. The van der Waals surface area contributed by atoms with E-state index in [1.807, 2.05) is 6.07 Å². The Bertz CT molecular complexity index is 849. The van der Waals surface area contributed by atoms with Gasteiger partial charge in [-0.3, -0.25) is 0 Å². The molecule has 38 heavy (non-hydrogen) atoms. The molecule has 3 unspecified atom stereocenters. The normalized spacial score (nSPS) is 20.7. The molecule has 0 heterocycles. The van der Waals surface area contributed by atoms with Crippen molar-refractivity contribution in [1.29, 1.82) is 0 Å². The van der Waals surface area contributed by atoms with Crippen molar-refractivity contribution in [2.45, 2.75) is 115 Å². The average Bonchev–Trinajstić information content (AvgIpc) is 3.36. The Labute approximate surface area is 232 Å². The van der Waals surface area contributed by atoms with Gasteiger partial charge in [0.1, 0.15) is 0 Å². The first-order valence-corrected chi connectivity index (χ1v) is 15.9. The van der Waals surface area contributed by atoms with E-state index in [9.17, 15) is 5.11 Å². The highest BCUT2D eigenvalue weighted by Crippen LogP contribution is 2.45. The quantitative estimate of drug-likeness (QED) is 0.200. The summed E-state index contributed by atoms with van der Waals surface area (Å²) in [6, 6.07) is 21.6. The molecule has 2 aliphatic carbocycles. The second-order valence-electron chi connectivity index (χ2n) is 12.7. The van der Waals surface area contributed by atoms with E-state index in [1.54, 1.807) is 0 Å². The van der Waals surface area contributed by atoms with E-state index in [0.717, 1.165) is 31.1 Å². The van der Waals surface area contributed by atoms with Crippen LogP contribution in [-0.4, -0.2) is 17.4 Å². The molecule has 3 nitrogen and oxygen atoms in total. The van der Waals surface area contributed by atoms with Crippen LogP contribution in [0, 0.1) is 29.6 Å². The third kappa shape index (κ3) is 9.21. The molecule has 0 saturated heterocycles. The van der Waals surface area contributed by atoms with Crippen molar-refractivity contribution in [1.82, 2.24) is 0 Å². The fraction of sp³-hybridized carbons (Fsp3) is 0.657. The van der Waals surface area contributed by atoms with Crippen molar-refractivity contribution in [3.05, 3.63) is 71.8 Å². The van der Waals surface area contributed by atoms with E-state index in [0.29, 0.717) is 18.3 Å². The molecular formula is C35H54N2O. The Morgan fingerprint density at radius 1 is 0.579 bits per heavy atom. The lowest BCUT2D eigenvalue weighted by Gasteiger charge is -2.41. The van der Waals surface area contributed by atoms with E-state index >= 15 is 0 Å². The van der Waals surface area contributed by atoms with Crippen molar-refractivity contribution >= 4 is 0 Å². The maximum Gasteiger partial charge on any atom is 0.0554 e. The van der Waals surface area contributed by atoms with E-state index in [-0.39, 0.29) is 12.0 Å². The smallest absolute Gasteiger partial charge is 0.0554 e. The van der Waals surface area contributed by atoms with Crippen molar-refractivity contribution in [3.8, 4) is 0 Å². The summed E-state index contributed by atoms with van der Waals surface area (Å²) in [5.74, 6) is 2.90. The van der Waals surface area contributed by atoms with Crippen LogP contribution >= 0.6 is 0 Å². The largest absolute Gasteiger partial charge is 0.393 e. The second kappa shape index (κ2) is 15.8. The van der Waals surface area contributed by atoms with Gasteiger partial charge in [-0.25, -0.2) is 0 Å². The predicted octanol–water partition coefficient (Wildman–Crippen LogP) is 7.65. The monoisotopic (exact) mass is 518 g/mol. The SMILES string of the molecule is NC(N)C(Cc1ccccc1)CC(O)CC(Cc1ccccc1)C(C1CCCCCC1)C1CCCCCC1. The lowest BCUT2D eigenvalue weighted by atomic mass is 9.65. The van der Waals surface area contributed by atoms with Gasteiger partial charge < -0.3 is 16.6 Å². The van der Waals surface area contributed by atoms with Crippen LogP contribution in [0.5, 0.6) is 0 Å². The molecule has 0 bridgehead atoms. The van der Waals surface area contributed by atoms with Gasteiger partial charge in [-0.05, 0) is 66.4 Å². The van der Waals surface area contributed by atoms with E-state index in [2.05, 4.69) is 54.6 Å². The standard InChI is InChI=1S/C35H54N2O/c36-35(37)32(24-28-17-9-6-10-18-28)26-33(38)25-31(23-27-15-7-5-8-16-27)34(29-19-11-1-2-12-20-29)30-21-13-3-4-14-22-30/h5-10,15-18,29-35,38H,1-4,11-14,19-26,36-37H2. The fourth-order valence-electron chi connectivity index (χ4n) is 7.93. The summed E-state index contributed by atoms with van der Waals surface area (Å²) < 4.78 is 0. The Hall–Kier alpha value is -1.68. The molecule has 2 aromatic rings. The molecule has 0 radical (unpaired) electrons. The molecule has 2 aromatic carbocycles. The van der Waals surface area contributed by atoms with Gasteiger partial charge in [0.05, 0.1) is 12.3 Å².